The fourth-order valence-electron chi connectivity index (χ4n) is 0.856. The molecule has 0 aliphatic heterocycles. The molecule has 0 aromatic carbocycles. The summed E-state index contributed by atoms with van der Waals surface area (Å²) in [7, 11) is 0. The normalized spacial score (nSPS) is 10.4. The summed E-state index contributed by atoms with van der Waals surface area (Å²) in [4.78, 5) is 23.0. The molecule has 15 heavy (non-hydrogen) atoms. The van der Waals surface area contributed by atoms with E-state index in [-0.39, 0.29) is 5.56 Å². The van der Waals surface area contributed by atoms with Gasteiger partial charge in [-0.1, -0.05) is 0 Å². The van der Waals surface area contributed by atoms with Crippen molar-refractivity contribution in [3.05, 3.63) is 33.5 Å². The minimum atomic E-state index is -3.00. The molecule has 0 fully saturated rings. The molecule has 5 nitrogen and oxygen atoms in total. The maximum atomic E-state index is 12.2. The Kier molecular flexibility index (Phi) is 3.25. The molecular formula is C7H3ClF2N2O3. The molecule has 0 atom stereocenters. The zero-order valence-corrected chi connectivity index (χ0v) is 7.74. The van der Waals surface area contributed by atoms with Crippen molar-refractivity contribution in [1.82, 2.24) is 4.98 Å². The van der Waals surface area contributed by atoms with Gasteiger partial charge in [-0.05, 0) is 21.5 Å². The lowest BCUT2D eigenvalue weighted by atomic mass is 10.2. The van der Waals surface area contributed by atoms with Gasteiger partial charge in [0.2, 0.25) is 5.69 Å². The molecule has 0 radical (unpaired) electrons. The van der Waals surface area contributed by atoms with Gasteiger partial charge in [-0.15, -0.1) is 0 Å². The van der Waals surface area contributed by atoms with Crippen LogP contribution in [0.3, 0.4) is 0 Å². The number of aromatic nitrogens is 1. The van der Waals surface area contributed by atoms with Gasteiger partial charge in [-0.2, -0.15) is 0 Å². The van der Waals surface area contributed by atoms with Crippen LogP contribution in [-0.2, 0) is 0 Å². The van der Waals surface area contributed by atoms with E-state index in [2.05, 4.69) is 4.98 Å². The fourth-order valence-corrected chi connectivity index (χ4v) is 0.965. The molecule has 1 aromatic heterocycles. The first-order valence-electron chi connectivity index (χ1n) is 3.56. The number of pyridine rings is 1. The van der Waals surface area contributed by atoms with Gasteiger partial charge >= 0.3 is 12.2 Å². The molecule has 8 heteroatoms. The van der Waals surface area contributed by atoms with E-state index in [1.807, 2.05) is 0 Å². The topological polar surface area (TPSA) is 73.1 Å². The van der Waals surface area contributed by atoms with Crippen LogP contribution in [0.1, 0.15) is 22.5 Å². The Labute approximate surface area is 86.8 Å². The highest BCUT2D eigenvalue weighted by molar-refractivity contribution is 6.67. The Morgan fingerprint density at radius 2 is 2.13 bits per heavy atom. The van der Waals surface area contributed by atoms with E-state index in [0.29, 0.717) is 6.07 Å². The van der Waals surface area contributed by atoms with Gasteiger partial charge in [0.05, 0.1) is 0 Å². The summed E-state index contributed by atoms with van der Waals surface area (Å²) in [6.07, 6.45) is -3.00. The molecule has 0 unspecified atom stereocenters. The number of halogens is 3. The van der Waals surface area contributed by atoms with Crippen LogP contribution < -0.4 is 0 Å². The van der Waals surface area contributed by atoms with E-state index in [4.69, 9.17) is 11.6 Å². The third-order valence-corrected chi connectivity index (χ3v) is 1.69. The van der Waals surface area contributed by atoms with Gasteiger partial charge in [-0.25, -0.2) is 8.78 Å². The van der Waals surface area contributed by atoms with Crippen LogP contribution in [0.15, 0.2) is 12.1 Å². The summed E-state index contributed by atoms with van der Waals surface area (Å²) in [5.74, 6) is -0.836. The summed E-state index contributed by atoms with van der Waals surface area (Å²) in [5, 5.41) is 9.24. The molecule has 0 N–H and O–H groups in total. The first-order valence-corrected chi connectivity index (χ1v) is 3.94. The lowest BCUT2D eigenvalue weighted by molar-refractivity contribution is -0.389. The van der Waals surface area contributed by atoms with Crippen molar-refractivity contribution >= 4 is 22.7 Å². The molecule has 0 amide bonds. The monoisotopic (exact) mass is 236 g/mol. The van der Waals surface area contributed by atoms with E-state index >= 15 is 0 Å². The number of carbonyl (C=O) groups excluding carboxylic acids is 1. The number of nitrogens with zero attached hydrogens (tertiary/aromatic N) is 2. The largest absolute Gasteiger partial charge is 0.364 e. The van der Waals surface area contributed by atoms with Crippen molar-refractivity contribution in [2.75, 3.05) is 0 Å². The van der Waals surface area contributed by atoms with Crippen LogP contribution in [0, 0.1) is 10.1 Å². The predicted molar refractivity (Wildman–Crippen MR) is 46.0 cm³/mol. The molecule has 0 aliphatic rings. The molecule has 1 rings (SSSR count). The van der Waals surface area contributed by atoms with E-state index in [1.165, 1.54) is 0 Å². The van der Waals surface area contributed by atoms with Gasteiger partial charge in [-0.3, -0.25) is 4.79 Å². The number of nitro groups is 1. The van der Waals surface area contributed by atoms with E-state index in [0.717, 1.165) is 6.07 Å². The second kappa shape index (κ2) is 4.26. The van der Waals surface area contributed by atoms with Crippen LogP contribution in [0.25, 0.3) is 0 Å². The maximum absolute atomic E-state index is 12.2. The van der Waals surface area contributed by atoms with Gasteiger partial charge in [0.25, 0.3) is 5.24 Å². The van der Waals surface area contributed by atoms with Gasteiger partial charge in [0.15, 0.2) is 0 Å². The molecule has 0 aliphatic carbocycles. The van der Waals surface area contributed by atoms with Crippen LogP contribution in [0.4, 0.5) is 14.6 Å². The Hall–Kier alpha value is -1.63. The number of hydrogen-bond acceptors (Lipinski definition) is 4. The molecule has 0 saturated heterocycles. The molecular weight excluding hydrogens is 234 g/mol. The average molecular weight is 237 g/mol. The molecule has 80 valence electrons. The van der Waals surface area contributed by atoms with E-state index in [1.54, 1.807) is 0 Å². The Morgan fingerprint density at radius 3 is 2.53 bits per heavy atom. The minimum absolute atomic E-state index is 0.381. The van der Waals surface area contributed by atoms with Crippen LogP contribution in [-0.4, -0.2) is 15.1 Å². The summed E-state index contributed by atoms with van der Waals surface area (Å²) in [6.45, 7) is 0. The summed E-state index contributed by atoms with van der Waals surface area (Å²) in [5.41, 5.74) is -1.23. The van der Waals surface area contributed by atoms with E-state index in [9.17, 15) is 23.7 Å². The lowest BCUT2D eigenvalue weighted by Gasteiger charge is -1.98. The van der Waals surface area contributed by atoms with E-state index < -0.39 is 28.1 Å². The van der Waals surface area contributed by atoms with Crippen LogP contribution >= 0.6 is 11.6 Å². The Balaban J connectivity index is 3.32. The van der Waals surface area contributed by atoms with Crippen molar-refractivity contribution in [2.45, 2.75) is 6.43 Å². The number of alkyl halides is 2. The maximum Gasteiger partial charge on any atom is 0.364 e. The number of carbonyl (C=O) groups is 1. The standard InChI is InChI=1S/C7H3ClF2N2O3/c8-6(13)3-1-4(7(9)10)11-5(2-3)12(14)15/h1-2,7H. The van der Waals surface area contributed by atoms with Gasteiger partial charge < -0.3 is 10.1 Å². The highest BCUT2D eigenvalue weighted by Crippen LogP contribution is 2.22. The highest BCUT2D eigenvalue weighted by atomic mass is 35.5. The summed E-state index contributed by atoms with van der Waals surface area (Å²) >= 11 is 5.02. The fraction of sp³-hybridized carbons (Fsp3) is 0.143. The smallest absolute Gasteiger partial charge is 0.358 e. The zero-order valence-electron chi connectivity index (χ0n) is 6.99. The SMILES string of the molecule is O=C(Cl)c1cc(C(F)F)nc([N+](=O)[O-])c1. The molecule has 1 aromatic rings. The van der Waals surface area contributed by atoms with Crippen molar-refractivity contribution in [3.63, 3.8) is 0 Å². The third kappa shape index (κ3) is 2.66. The molecule has 0 saturated carbocycles. The molecule has 0 bridgehead atoms. The zero-order chi connectivity index (χ0) is 11.6. The molecule has 0 spiro atoms. The van der Waals surface area contributed by atoms with Crippen molar-refractivity contribution in [2.24, 2.45) is 0 Å². The third-order valence-electron chi connectivity index (χ3n) is 1.47. The average Bonchev–Trinajstić information content (AvgIpc) is 2.16. The lowest BCUT2D eigenvalue weighted by Crippen LogP contribution is -2.01. The summed E-state index contributed by atoms with van der Waals surface area (Å²) in [6, 6.07) is 1.45. The van der Waals surface area contributed by atoms with Crippen LogP contribution in [0.2, 0.25) is 0 Å². The first-order chi connectivity index (χ1) is 6.91. The number of rotatable bonds is 3. The van der Waals surface area contributed by atoms with Crippen molar-refractivity contribution in [1.29, 1.82) is 0 Å². The number of hydrogen-bond donors (Lipinski definition) is 0. The second-order valence-electron chi connectivity index (χ2n) is 2.47. The van der Waals surface area contributed by atoms with Crippen molar-refractivity contribution < 1.29 is 18.5 Å². The van der Waals surface area contributed by atoms with Crippen molar-refractivity contribution in [3.8, 4) is 0 Å². The molecule has 1 heterocycles. The predicted octanol–water partition coefficient (Wildman–Crippen LogP) is 2.31. The van der Waals surface area contributed by atoms with Gasteiger partial charge in [0, 0.05) is 17.7 Å². The Morgan fingerprint density at radius 1 is 1.53 bits per heavy atom. The second-order valence-corrected chi connectivity index (χ2v) is 2.81. The quantitative estimate of drug-likeness (QED) is 0.459. The minimum Gasteiger partial charge on any atom is -0.358 e. The first kappa shape index (κ1) is 11.4. The highest BCUT2D eigenvalue weighted by Gasteiger charge is 2.22. The van der Waals surface area contributed by atoms with Crippen LogP contribution in [0.5, 0.6) is 0 Å². The summed E-state index contributed by atoms with van der Waals surface area (Å²) < 4.78 is 24.4. The van der Waals surface area contributed by atoms with Gasteiger partial charge in [0.1, 0.15) is 0 Å². The Bertz CT molecular complexity index is 392.